The zero-order valence-electron chi connectivity index (χ0n) is 31.9. The van der Waals surface area contributed by atoms with Crippen LogP contribution in [-0.2, 0) is 5.41 Å². The average Bonchev–Trinajstić information content (AvgIpc) is 3.78. The second-order valence-electron chi connectivity index (χ2n) is 15.3. The summed E-state index contributed by atoms with van der Waals surface area (Å²) in [6.45, 7) is 0. The van der Waals surface area contributed by atoms with Gasteiger partial charge in [-0.1, -0.05) is 182 Å². The molecular formula is C55H34N4. The van der Waals surface area contributed by atoms with Crippen LogP contribution >= 0.6 is 0 Å². The van der Waals surface area contributed by atoms with Crippen molar-refractivity contribution in [3.63, 3.8) is 0 Å². The summed E-state index contributed by atoms with van der Waals surface area (Å²) in [5, 5.41) is 1.09. The Morgan fingerprint density at radius 1 is 0.271 bits per heavy atom. The molecule has 8 aromatic carbocycles. The highest BCUT2D eigenvalue weighted by Gasteiger charge is 2.51. The number of aromatic nitrogens is 4. The molecule has 0 amide bonds. The summed E-state index contributed by atoms with van der Waals surface area (Å²) < 4.78 is 0. The summed E-state index contributed by atoms with van der Waals surface area (Å²) in [5.74, 6) is 1.90. The molecule has 0 N–H and O–H groups in total. The zero-order chi connectivity index (χ0) is 38.9. The monoisotopic (exact) mass is 750 g/mol. The number of rotatable bonds is 5. The molecule has 4 heteroatoms. The smallest absolute Gasteiger partial charge is 0.164 e. The molecule has 0 aliphatic heterocycles. The Bertz CT molecular complexity index is 3160. The first kappa shape index (κ1) is 33.3. The van der Waals surface area contributed by atoms with Crippen LogP contribution in [0.15, 0.2) is 206 Å². The molecule has 0 unspecified atom stereocenters. The topological polar surface area (TPSA) is 51.6 Å². The third-order valence-electron chi connectivity index (χ3n) is 12.1. The minimum atomic E-state index is -0.455. The molecule has 12 rings (SSSR count). The molecule has 0 fully saturated rings. The van der Waals surface area contributed by atoms with E-state index in [-0.39, 0.29) is 0 Å². The van der Waals surface area contributed by atoms with Gasteiger partial charge in [-0.25, -0.2) is 19.9 Å². The largest absolute Gasteiger partial charge is 0.248 e. The normalized spacial score (nSPS) is 12.9. The van der Waals surface area contributed by atoms with Gasteiger partial charge >= 0.3 is 0 Å². The number of hydrogen-bond donors (Lipinski definition) is 0. The standard InChI is InChI=1S/C55H34N4/c1-4-17-35(18-5-1)50-33-43(38-23-16-24-39(31-38)54-58-52(36-19-6-2-7-20-36)57-53(59-54)37-21-8-3-9-22-37)45-32-44-42-27-12-15-30-48(42)55(49(44)34-51(45)56-50)46-28-13-10-25-40(46)41-26-11-14-29-47(41)55/h1-34H. The predicted molar refractivity (Wildman–Crippen MR) is 239 cm³/mol. The van der Waals surface area contributed by atoms with Crippen molar-refractivity contribution < 1.29 is 0 Å². The van der Waals surface area contributed by atoms with Gasteiger partial charge in [0.2, 0.25) is 0 Å². The molecule has 0 atom stereocenters. The van der Waals surface area contributed by atoms with Gasteiger partial charge in [0.15, 0.2) is 17.5 Å². The van der Waals surface area contributed by atoms with Gasteiger partial charge in [0.05, 0.1) is 16.6 Å². The van der Waals surface area contributed by atoms with Gasteiger partial charge in [0.1, 0.15) is 0 Å². The van der Waals surface area contributed by atoms with E-state index >= 15 is 0 Å². The van der Waals surface area contributed by atoms with Gasteiger partial charge in [-0.2, -0.15) is 0 Å². The van der Waals surface area contributed by atoms with Crippen molar-refractivity contribution in [2.24, 2.45) is 0 Å². The van der Waals surface area contributed by atoms with Crippen molar-refractivity contribution in [2.75, 3.05) is 0 Å². The Morgan fingerprint density at radius 3 is 1.27 bits per heavy atom. The Kier molecular flexibility index (Phi) is 7.41. The maximum Gasteiger partial charge on any atom is 0.164 e. The molecule has 2 heterocycles. The molecule has 10 aromatic rings. The number of hydrogen-bond acceptors (Lipinski definition) is 4. The quantitative estimate of drug-likeness (QED) is 0.176. The highest BCUT2D eigenvalue weighted by atomic mass is 15.0. The maximum atomic E-state index is 5.48. The second kappa shape index (κ2) is 13.1. The van der Waals surface area contributed by atoms with Crippen LogP contribution in [0, 0.1) is 0 Å². The summed E-state index contributed by atoms with van der Waals surface area (Å²) in [5.41, 5.74) is 17.8. The molecule has 274 valence electrons. The maximum absolute atomic E-state index is 5.48. The Hall–Kier alpha value is -7.82. The average molecular weight is 751 g/mol. The zero-order valence-corrected chi connectivity index (χ0v) is 31.9. The van der Waals surface area contributed by atoms with Crippen molar-refractivity contribution in [1.82, 2.24) is 19.9 Å². The number of benzene rings is 8. The Labute approximate surface area is 342 Å². The molecule has 0 saturated heterocycles. The minimum Gasteiger partial charge on any atom is -0.248 e. The van der Waals surface area contributed by atoms with Crippen LogP contribution in [0.4, 0.5) is 0 Å². The van der Waals surface area contributed by atoms with E-state index in [1.54, 1.807) is 0 Å². The Morgan fingerprint density at radius 2 is 0.712 bits per heavy atom. The fourth-order valence-corrected chi connectivity index (χ4v) is 9.57. The van der Waals surface area contributed by atoms with Gasteiger partial charge in [0.25, 0.3) is 0 Å². The van der Waals surface area contributed by atoms with Crippen LogP contribution in [0.3, 0.4) is 0 Å². The van der Waals surface area contributed by atoms with E-state index in [0.29, 0.717) is 17.5 Å². The fraction of sp³-hybridized carbons (Fsp3) is 0.0182. The van der Waals surface area contributed by atoms with Crippen LogP contribution < -0.4 is 0 Å². The summed E-state index contributed by atoms with van der Waals surface area (Å²) in [6, 6.07) is 73.3. The molecule has 0 bridgehead atoms. The van der Waals surface area contributed by atoms with E-state index in [4.69, 9.17) is 19.9 Å². The van der Waals surface area contributed by atoms with Crippen molar-refractivity contribution in [1.29, 1.82) is 0 Å². The fourth-order valence-electron chi connectivity index (χ4n) is 9.57. The SMILES string of the molecule is c1ccc(-c2cc(-c3cccc(-c4nc(-c5ccccc5)nc(-c5ccccc5)n4)c3)c3cc4c(cc3n2)C2(c3ccccc3-c3ccccc32)c2ccccc2-4)cc1. The summed E-state index contributed by atoms with van der Waals surface area (Å²) in [4.78, 5) is 20.6. The van der Waals surface area contributed by atoms with Crippen LogP contribution in [0.5, 0.6) is 0 Å². The minimum absolute atomic E-state index is 0.455. The van der Waals surface area contributed by atoms with E-state index in [0.717, 1.165) is 50.0 Å². The van der Waals surface area contributed by atoms with E-state index < -0.39 is 5.41 Å². The third kappa shape index (κ3) is 5.10. The van der Waals surface area contributed by atoms with E-state index in [2.05, 4.69) is 146 Å². The lowest BCUT2D eigenvalue weighted by molar-refractivity contribution is 0.794. The van der Waals surface area contributed by atoms with Gasteiger partial charge in [0, 0.05) is 27.6 Å². The van der Waals surface area contributed by atoms with Gasteiger partial charge < -0.3 is 0 Å². The van der Waals surface area contributed by atoms with Gasteiger partial charge in [-0.05, 0) is 79.9 Å². The molecular weight excluding hydrogens is 717 g/mol. The van der Waals surface area contributed by atoms with Crippen molar-refractivity contribution in [2.45, 2.75) is 5.41 Å². The van der Waals surface area contributed by atoms with Crippen LogP contribution in [0.1, 0.15) is 22.3 Å². The van der Waals surface area contributed by atoms with Crippen LogP contribution in [0.25, 0.3) is 89.7 Å². The summed E-state index contributed by atoms with van der Waals surface area (Å²) in [7, 11) is 0. The molecule has 4 nitrogen and oxygen atoms in total. The van der Waals surface area contributed by atoms with Crippen LogP contribution in [-0.4, -0.2) is 19.9 Å². The highest BCUT2D eigenvalue weighted by molar-refractivity contribution is 6.04. The first-order valence-corrected chi connectivity index (χ1v) is 20.1. The van der Waals surface area contributed by atoms with Crippen molar-refractivity contribution >= 4 is 10.9 Å². The lowest BCUT2D eigenvalue weighted by Gasteiger charge is -2.30. The molecule has 0 saturated carbocycles. The highest BCUT2D eigenvalue weighted by Crippen LogP contribution is 2.63. The summed E-state index contributed by atoms with van der Waals surface area (Å²) in [6.07, 6.45) is 0. The Balaban J connectivity index is 1.10. The number of fused-ring (bicyclic) bond motifs is 11. The van der Waals surface area contributed by atoms with Gasteiger partial charge in [-0.3, -0.25) is 0 Å². The lowest BCUT2D eigenvalue weighted by atomic mass is 9.70. The molecule has 0 radical (unpaired) electrons. The molecule has 2 aliphatic carbocycles. The first-order valence-electron chi connectivity index (χ1n) is 20.1. The predicted octanol–water partition coefficient (Wildman–Crippen LogP) is 13.1. The molecule has 1 spiro atoms. The molecule has 2 aliphatic rings. The molecule has 59 heavy (non-hydrogen) atoms. The van der Waals surface area contributed by atoms with Crippen molar-refractivity contribution in [3.05, 3.63) is 229 Å². The first-order chi connectivity index (χ1) is 29.2. The van der Waals surface area contributed by atoms with E-state index in [1.807, 2.05) is 60.7 Å². The van der Waals surface area contributed by atoms with Crippen molar-refractivity contribution in [3.8, 4) is 78.8 Å². The lowest BCUT2D eigenvalue weighted by Crippen LogP contribution is -2.25. The number of nitrogens with zero attached hydrogens (tertiary/aromatic N) is 4. The van der Waals surface area contributed by atoms with Crippen LogP contribution in [0.2, 0.25) is 0 Å². The van der Waals surface area contributed by atoms with Gasteiger partial charge in [-0.15, -0.1) is 0 Å². The second-order valence-corrected chi connectivity index (χ2v) is 15.3. The van der Waals surface area contributed by atoms with E-state index in [9.17, 15) is 0 Å². The number of pyridine rings is 1. The summed E-state index contributed by atoms with van der Waals surface area (Å²) >= 11 is 0. The van der Waals surface area contributed by atoms with E-state index in [1.165, 1.54) is 44.5 Å². The third-order valence-corrected chi connectivity index (χ3v) is 12.1. The molecule has 2 aromatic heterocycles.